The number of nitrogens with one attached hydrogen (secondary N) is 1. The molecular weight excluding hydrogens is 390 g/mol. The molecule has 4 rings (SSSR count). The van der Waals surface area contributed by atoms with Crippen molar-refractivity contribution in [1.82, 2.24) is 15.1 Å². The minimum absolute atomic E-state index is 0.0620. The summed E-state index contributed by atoms with van der Waals surface area (Å²) in [6.45, 7) is 5.13. The lowest BCUT2D eigenvalue weighted by molar-refractivity contribution is 0.0743. The second-order valence-corrected chi connectivity index (χ2v) is 7.37. The molecule has 0 bridgehead atoms. The van der Waals surface area contributed by atoms with Gasteiger partial charge in [-0.25, -0.2) is 0 Å². The highest BCUT2D eigenvalue weighted by Crippen LogP contribution is 2.45. The molecule has 0 saturated carbocycles. The Hall–Kier alpha value is -2.99. The Morgan fingerprint density at radius 3 is 2.83 bits per heavy atom. The minimum atomic E-state index is -0.329. The first-order valence-corrected chi connectivity index (χ1v) is 10.0. The zero-order valence-electron chi connectivity index (χ0n) is 16.3. The zero-order chi connectivity index (χ0) is 20.5. The van der Waals surface area contributed by atoms with Crippen LogP contribution in [0.2, 0.25) is 5.02 Å². The van der Waals surface area contributed by atoms with Gasteiger partial charge < -0.3 is 14.7 Å². The summed E-state index contributed by atoms with van der Waals surface area (Å²) >= 11 is 6.16. The molecule has 0 spiro atoms. The van der Waals surface area contributed by atoms with Gasteiger partial charge in [0.15, 0.2) is 0 Å². The summed E-state index contributed by atoms with van der Waals surface area (Å²) in [6.07, 6.45) is 0.822. The minimum Gasteiger partial charge on any atom is -0.507 e. The van der Waals surface area contributed by atoms with Crippen molar-refractivity contribution in [2.24, 2.45) is 0 Å². The third-order valence-corrected chi connectivity index (χ3v) is 5.26. The number of nitrogens with zero attached hydrogens (tertiary/aromatic N) is 2. The highest BCUT2D eigenvalue weighted by atomic mass is 35.5. The van der Waals surface area contributed by atoms with E-state index in [9.17, 15) is 9.90 Å². The first-order chi connectivity index (χ1) is 14.0. The molecule has 2 aromatic carbocycles. The van der Waals surface area contributed by atoms with Crippen LogP contribution in [0.5, 0.6) is 11.5 Å². The van der Waals surface area contributed by atoms with Crippen molar-refractivity contribution in [3.05, 3.63) is 64.3 Å². The Kier molecular flexibility index (Phi) is 5.20. The fraction of sp³-hybridized carbons (Fsp3) is 0.273. The Morgan fingerprint density at radius 2 is 2.07 bits per heavy atom. The Bertz CT molecular complexity index is 1060. The maximum Gasteiger partial charge on any atom is 0.273 e. The van der Waals surface area contributed by atoms with E-state index < -0.39 is 0 Å². The van der Waals surface area contributed by atoms with Gasteiger partial charge in [-0.3, -0.25) is 9.89 Å². The summed E-state index contributed by atoms with van der Waals surface area (Å²) in [4.78, 5) is 14.9. The number of phenols is 1. The summed E-state index contributed by atoms with van der Waals surface area (Å²) in [6, 6.07) is 12.2. The van der Waals surface area contributed by atoms with Crippen LogP contribution in [0, 0.1) is 0 Å². The van der Waals surface area contributed by atoms with Crippen molar-refractivity contribution in [1.29, 1.82) is 0 Å². The first kappa shape index (κ1) is 19.3. The molecular formula is C22H22ClN3O3. The molecule has 6 nitrogen and oxygen atoms in total. The number of benzene rings is 2. The highest BCUT2D eigenvalue weighted by Gasteiger charge is 2.42. The number of ether oxygens (including phenoxy) is 1. The quantitative estimate of drug-likeness (QED) is 0.611. The van der Waals surface area contributed by atoms with Crippen LogP contribution in [0.3, 0.4) is 0 Å². The van der Waals surface area contributed by atoms with E-state index in [4.69, 9.17) is 16.3 Å². The number of halogens is 1. The Balaban J connectivity index is 1.90. The maximum atomic E-state index is 13.1. The molecule has 0 radical (unpaired) electrons. The lowest BCUT2D eigenvalue weighted by Crippen LogP contribution is -2.30. The lowest BCUT2D eigenvalue weighted by atomic mass is 9.95. The summed E-state index contributed by atoms with van der Waals surface area (Å²) in [7, 11) is 0. The van der Waals surface area contributed by atoms with Gasteiger partial charge >= 0.3 is 0 Å². The maximum absolute atomic E-state index is 13.1. The monoisotopic (exact) mass is 411 g/mol. The number of phenolic OH excluding ortho intramolecular Hbond substituents is 1. The first-order valence-electron chi connectivity index (χ1n) is 9.66. The second kappa shape index (κ2) is 7.79. The van der Waals surface area contributed by atoms with Crippen molar-refractivity contribution in [2.75, 3.05) is 13.2 Å². The number of aromatic nitrogens is 2. The molecule has 1 atom stereocenters. The van der Waals surface area contributed by atoms with Gasteiger partial charge in [0, 0.05) is 22.7 Å². The molecule has 0 fully saturated rings. The average molecular weight is 412 g/mol. The third-order valence-electron chi connectivity index (χ3n) is 5.03. The van der Waals surface area contributed by atoms with E-state index >= 15 is 0 Å². The molecule has 1 unspecified atom stereocenters. The summed E-state index contributed by atoms with van der Waals surface area (Å²) in [5.41, 5.74) is 3.14. The van der Waals surface area contributed by atoms with Gasteiger partial charge in [-0.2, -0.15) is 5.10 Å². The molecule has 2 N–H and O–H groups in total. The molecule has 0 saturated heterocycles. The van der Waals surface area contributed by atoms with Gasteiger partial charge in [-0.1, -0.05) is 30.7 Å². The van der Waals surface area contributed by atoms with Crippen LogP contribution < -0.4 is 4.74 Å². The van der Waals surface area contributed by atoms with Crippen molar-refractivity contribution >= 4 is 17.5 Å². The van der Waals surface area contributed by atoms with Crippen molar-refractivity contribution in [3.63, 3.8) is 0 Å². The van der Waals surface area contributed by atoms with Crippen LogP contribution in [-0.2, 0) is 0 Å². The fourth-order valence-electron chi connectivity index (χ4n) is 3.86. The van der Waals surface area contributed by atoms with E-state index in [1.807, 2.05) is 43.0 Å². The number of fused-ring (bicyclic) bond motifs is 1. The normalized spacial score (nSPS) is 15.6. The number of carbonyl (C=O) groups is 1. The van der Waals surface area contributed by atoms with Crippen molar-refractivity contribution in [3.8, 4) is 22.8 Å². The Labute approximate surface area is 174 Å². The SMILES string of the molecule is CCCN1C(=O)c2[nH]nc(-c3cc(Cl)ccc3O)c2C1c1cccc(OCC)c1. The van der Waals surface area contributed by atoms with E-state index in [1.165, 1.54) is 6.07 Å². The van der Waals surface area contributed by atoms with Gasteiger partial charge in [0.25, 0.3) is 5.91 Å². The van der Waals surface area contributed by atoms with E-state index in [0.717, 1.165) is 23.3 Å². The van der Waals surface area contributed by atoms with Gasteiger partial charge in [-0.05, 0) is 49.2 Å². The number of aromatic amines is 1. The van der Waals surface area contributed by atoms with Crippen LogP contribution in [0.15, 0.2) is 42.5 Å². The number of H-pyrrole nitrogens is 1. The number of hydrogen-bond donors (Lipinski definition) is 2. The van der Waals surface area contributed by atoms with Crippen LogP contribution in [0.25, 0.3) is 11.3 Å². The van der Waals surface area contributed by atoms with Crippen LogP contribution in [-0.4, -0.2) is 39.3 Å². The van der Waals surface area contributed by atoms with Gasteiger partial charge in [0.05, 0.1) is 12.6 Å². The van der Waals surface area contributed by atoms with Crippen LogP contribution in [0.1, 0.15) is 47.9 Å². The van der Waals surface area contributed by atoms with Crippen molar-refractivity contribution < 1.29 is 14.6 Å². The second-order valence-electron chi connectivity index (χ2n) is 6.93. The fourth-order valence-corrected chi connectivity index (χ4v) is 4.03. The molecule has 1 aromatic heterocycles. The van der Waals surface area contributed by atoms with E-state index in [2.05, 4.69) is 10.2 Å². The van der Waals surface area contributed by atoms with Gasteiger partial charge in [0.1, 0.15) is 22.9 Å². The number of rotatable bonds is 6. The predicted molar refractivity (Wildman–Crippen MR) is 111 cm³/mol. The average Bonchev–Trinajstić information content (AvgIpc) is 3.24. The van der Waals surface area contributed by atoms with Gasteiger partial charge in [0.2, 0.25) is 0 Å². The van der Waals surface area contributed by atoms with Crippen LogP contribution in [0.4, 0.5) is 0 Å². The molecule has 0 aliphatic carbocycles. The smallest absolute Gasteiger partial charge is 0.273 e. The largest absolute Gasteiger partial charge is 0.507 e. The zero-order valence-corrected chi connectivity index (χ0v) is 17.0. The molecule has 1 aliphatic rings. The molecule has 1 amide bonds. The lowest BCUT2D eigenvalue weighted by Gasteiger charge is -2.26. The molecule has 150 valence electrons. The highest BCUT2D eigenvalue weighted by molar-refractivity contribution is 6.31. The third kappa shape index (κ3) is 3.34. The predicted octanol–water partition coefficient (Wildman–Crippen LogP) is 4.79. The number of carbonyl (C=O) groups excluding carboxylic acids is 1. The van der Waals surface area contributed by atoms with E-state index in [-0.39, 0.29) is 17.7 Å². The number of aromatic hydroxyl groups is 1. The topological polar surface area (TPSA) is 78.5 Å². The summed E-state index contributed by atoms with van der Waals surface area (Å²) < 4.78 is 5.66. The molecule has 2 heterocycles. The van der Waals surface area contributed by atoms with Crippen molar-refractivity contribution in [2.45, 2.75) is 26.3 Å². The molecule has 3 aromatic rings. The molecule has 7 heteroatoms. The standard InChI is InChI=1S/C22H22ClN3O3/c1-3-10-26-21(13-6-5-7-15(11-13)29-4-2)18-19(24-25-20(18)22(26)28)16-12-14(23)8-9-17(16)27/h5-9,11-12,21,27H,3-4,10H2,1-2H3,(H,24,25). The van der Waals surface area contributed by atoms with E-state index in [1.54, 1.807) is 12.1 Å². The summed E-state index contributed by atoms with van der Waals surface area (Å²) in [5, 5.41) is 18.1. The molecule has 1 aliphatic heterocycles. The Morgan fingerprint density at radius 1 is 1.24 bits per heavy atom. The van der Waals surface area contributed by atoms with Gasteiger partial charge in [-0.15, -0.1) is 0 Å². The number of hydrogen-bond acceptors (Lipinski definition) is 4. The molecule has 29 heavy (non-hydrogen) atoms. The van der Waals surface area contributed by atoms with Crippen LogP contribution >= 0.6 is 11.6 Å². The number of amides is 1. The summed E-state index contributed by atoms with van der Waals surface area (Å²) in [5.74, 6) is 0.707. The van der Waals surface area contributed by atoms with E-state index in [0.29, 0.717) is 35.1 Å².